The number of H-pyrrole nitrogens is 3. The van der Waals surface area contributed by atoms with Crippen molar-refractivity contribution in [2.45, 2.75) is 37.4 Å². The number of nitro groups is 1. The minimum absolute atomic E-state index is 0. The molecule has 19 heteroatoms. The average Bonchev–Trinajstić information content (AvgIpc) is 4.58. The maximum atomic E-state index is 10.9. The van der Waals surface area contributed by atoms with Crippen molar-refractivity contribution in [1.29, 1.82) is 5.41 Å². The summed E-state index contributed by atoms with van der Waals surface area (Å²) in [7, 11) is 6.43. The number of likely N-dealkylation sites (N-methyl/N-ethyl adjacent to an activating group) is 2. The Kier molecular flexibility index (Phi) is 20.0. The standard InChI is InChI=1S/C19H22N4O.C19H20N4O.C14H15N3O2.C12H11NOS.BrH/c2*1-23-8-6-13(7-9-23)16-12-21-17-5-4-14(11-15(16)17)22-19(20)18-3-2-10-24-18;1-16-6-4-10(5-7-16)13-9-15-14-3-2-11(17(18)19)8-12(13)14;13-12(11-7-4-8-14-11)15-9-10-5-2-1-3-6-10;/h2-5,10-13,21H,6-9H2,1H3,(H2,20,22);2-6,10-12,21H,7-9H2,1H3,(H2,20,22);2-4,8-9,15H,5-7H2,1H3;1-8,13H,9H2;1H. The molecule has 0 spiro atoms. The Morgan fingerprint density at radius 2 is 1.12 bits per heavy atom. The molecule has 6 aromatic heterocycles. The fraction of sp³-hybridized carbons (Fsp3) is 0.234. The fourth-order valence-electron chi connectivity index (χ4n) is 10.3. The van der Waals surface area contributed by atoms with Crippen LogP contribution >= 0.6 is 28.7 Å². The quantitative estimate of drug-likeness (QED) is 0.0308. The molecule has 83 heavy (non-hydrogen) atoms. The van der Waals surface area contributed by atoms with Crippen molar-refractivity contribution >= 4 is 106 Å². The number of nitro benzene ring substituents is 1. The summed E-state index contributed by atoms with van der Waals surface area (Å²) in [6.45, 7) is 6.33. The van der Waals surface area contributed by atoms with Crippen LogP contribution in [0.4, 0.5) is 17.1 Å². The summed E-state index contributed by atoms with van der Waals surface area (Å²) >= 11 is 1.48. The number of thioether (sulfide) groups is 1. The van der Waals surface area contributed by atoms with Crippen molar-refractivity contribution in [2.75, 3.05) is 60.4 Å². The topological polar surface area (TPSA) is 240 Å². The Hall–Kier alpha value is -8.46. The monoisotopic (exact) mass is 1200 g/mol. The molecule has 8 N–H and O–H groups in total. The van der Waals surface area contributed by atoms with E-state index >= 15 is 0 Å². The molecule has 13 rings (SSSR count). The number of aromatic amines is 3. The van der Waals surface area contributed by atoms with E-state index in [9.17, 15) is 10.1 Å². The van der Waals surface area contributed by atoms with Crippen LogP contribution in [0, 0.1) is 15.5 Å². The summed E-state index contributed by atoms with van der Waals surface area (Å²) in [5.41, 5.74) is 24.7. The fourth-order valence-corrected chi connectivity index (χ4v) is 11.0. The Morgan fingerprint density at radius 3 is 1.63 bits per heavy atom. The molecule has 0 radical (unpaired) electrons. The van der Waals surface area contributed by atoms with Crippen LogP contribution < -0.4 is 11.5 Å². The van der Waals surface area contributed by atoms with E-state index in [0.717, 1.165) is 96.7 Å². The predicted molar refractivity (Wildman–Crippen MR) is 343 cm³/mol. The normalized spacial score (nSPS) is 15.5. The van der Waals surface area contributed by atoms with Gasteiger partial charge in [-0.2, -0.15) is 0 Å². The van der Waals surface area contributed by atoms with Gasteiger partial charge >= 0.3 is 0 Å². The summed E-state index contributed by atoms with van der Waals surface area (Å²) in [6, 6.07) is 38.2. The van der Waals surface area contributed by atoms with E-state index in [1.807, 2.05) is 60.8 Å². The van der Waals surface area contributed by atoms with Crippen molar-refractivity contribution in [3.8, 4) is 0 Å². The molecule has 0 amide bonds. The van der Waals surface area contributed by atoms with E-state index in [4.69, 9.17) is 30.1 Å². The highest BCUT2D eigenvalue weighted by molar-refractivity contribution is 8.93. The second kappa shape index (κ2) is 28.0. The minimum Gasteiger partial charge on any atom is -0.462 e. The van der Waals surface area contributed by atoms with Crippen molar-refractivity contribution < 1.29 is 18.2 Å². The van der Waals surface area contributed by atoms with Gasteiger partial charge in [-0.1, -0.05) is 54.2 Å². The van der Waals surface area contributed by atoms with Gasteiger partial charge in [-0.05, 0) is 167 Å². The lowest BCUT2D eigenvalue weighted by Gasteiger charge is -2.28. The molecule has 0 atom stereocenters. The first-order valence-corrected chi connectivity index (χ1v) is 28.4. The van der Waals surface area contributed by atoms with Crippen LogP contribution in [0.5, 0.6) is 0 Å². The molecule has 1 saturated heterocycles. The van der Waals surface area contributed by atoms with Gasteiger partial charge in [-0.3, -0.25) is 15.5 Å². The zero-order valence-corrected chi connectivity index (χ0v) is 49.2. The highest BCUT2D eigenvalue weighted by atomic mass is 79.9. The van der Waals surface area contributed by atoms with Crippen molar-refractivity contribution in [1.82, 2.24) is 29.7 Å². The highest BCUT2D eigenvalue weighted by Crippen LogP contribution is 2.36. The van der Waals surface area contributed by atoms with E-state index in [1.54, 1.807) is 49.1 Å². The lowest BCUT2D eigenvalue weighted by atomic mass is 9.89. The zero-order chi connectivity index (χ0) is 57.0. The van der Waals surface area contributed by atoms with Gasteiger partial charge in [0.15, 0.2) is 29.0 Å². The van der Waals surface area contributed by atoms with E-state index in [-0.39, 0.29) is 27.6 Å². The summed E-state index contributed by atoms with van der Waals surface area (Å²) in [5, 5.41) is 22.5. The van der Waals surface area contributed by atoms with Crippen LogP contribution in [0.25, 0.3) is 43.9 Å². The number of likely N-dealkylation sites (tertiary alicyclic amines) is 1. The van der Waals surface area contributed by atoms with Gasteiger partial charge < -0.3 is 54.4 Å². The molecule has 0 saturated carbocycles. The molecule has 17 nitrogen and oxygen atoms in total. The van der Waals surface area contributed by atoms with E-state index in [1.165, 1.54) is 69.3 Å². The Balaban J connectivity index is 0.000000135. The number of hydrogen-bond acceptors (Lipinski definition) is 12. The Bertz CT molecular complexity index is 3870. The number of nitrogens with two attached hydrogens (primary N) is 2. The lowest BCUT2D eigenvalue weighted by molar-refractivity contribution is -0.384. The van der Waals surface area contributed by atoms with Gasteiger partial charge in [-0.25, -0.2) is 9.98 Å². The third kappa shape index (κ3) is 15.2. The number of non-ortho nitro benzene ring substituents is 1. The van der Waals surface area contributed by atoms with E-state index in [2.05, 4.69) is 116 Å². The third-order valence-electron chi connectivity index (χ3n) is 14.9. The number of halogens is 1. The summed E-state index contributed by atoms with van der Waals surface area (Å²) in [4.78, 5) is 36.4. The number of amidine groups is 2. The van der Waals surface area contributed by atoms with Crippen LogP contribution in [0.1, 0.15) is 71.1 Å². The first-order chi connectivity index (χ1) is 39.9. The van der Waals surface area contributed by atoms with Gasteiger partial charge in [0.25, 0.3) is 5.69 Å². The number of fused-ring (bicyclic) bond motifs is 3. The van der Waals surface area contributed by atoms with Crippen molar-refractivity contribution in [2.24, 2.45) is 21.5 Å². The van der Waals surface area contributed by atoms with Crippen LogP contribution in [0.15, 0.2) is 194 Å². The van der Waals surface area contributed by atoms with Gasteiger partial charge in [0.2, 0.25) is 0 Å². The predicted octanol–water partition coefficient (Wildman–Crippen LogP) is 14.0. The molecule has 10 aromatic rings. The van der Waals surface area contributed by atoms with Crippen LogP contribution in [-0.2, 0) is 5.75 Å². The number of aliphatic imine (C=N–C) groups is 2. The van der Waals surface area contributed by atoms with Gasteiger partial charge in [0.05, 0.1) is 35.1 Å². The maximum absolute atomic E-state index is 10.9. The van der Waals surface area contributed by atoms with Crippen LogP contribution in [-0.4, -0.2) is 112 Å². The Labute approximate surface area is 496 Å². The number of nitrogens with one attached hydrogen (secondary N) is 4. The highest BCUT2D eigenvalue weighted by Gasteiger charge is 2.22. The number of benzene rings is 4. The van der Waals surface area contributed by atoms with Crippen molar-refractivity contribution in [3.63, 3.8) is 0 Å². The molecule has 9 heterocycles. The molecular weight excluding hydrogens is 1130 g/mol. The number of piperidine rings is 1. The summed E-state index contributed by atoms with van der Waals surface area (Å²) < 4.78 is 15.7. The molecule has 0 bridgehead atoms. The molecule has 3 aliphatic heterocycles. The first-order valence-electron chi connectivity index (χ1n) is 27.4. The minimum atomic E-state index is -0.348. The second-order valence-electron chi connectivity index (χ2n) is 20.7. The number of aromatic nitrogens is 3. The second-order valence-corrected chi connectivity index (χ2v) is 21.7. The summed E-state index contributed by atoms with van der Waals surface area (Å²) in [5.74, 6) is 4.01. The van der Waals surface area contributed by atoms with Gasteiger partial charge in [-0.15, -0.1) is 17.0 Å². The molecule has 1 fully saturated rings. The molecule has 428 valence electrons. The largest absolute Gasteiger partial charge is 0.462 e. The smallest absolute Gasteiger partial charge is 0.270 e. The zero-order valence-electron chi connectivity index (χ0n) is 46.7. The molecular formula is C64H69BrN12O5S. The van der Waals surface area contributed by atoms with Gasteiger partial charge in [0.1, 0.15) is 5.04 Å². The third-order valence-corrected chi connectivity index (χ3v) is 15.9. The maximum Gasteiger partial charge on any atom is 0.270 e. The summed E-state index contributed by atoms with van der Waals surface area (Å²) in [6.07, 6.45) is 19.9. The number of nitrogens with zero attached hydrogens (tertiary/aromatic N) is 6. The molecule has 3 aliphatic rings. The molecule has 0 unspecified atom stereocenters. The van der Waals surface area contributed by atoms with Gasteiger partial charge in [0, 0.05) is 106 Å². The number of rotatable bonds is 11. The average molecular weight is 1200 g/mol. The first kappa shape index (κ1) is 59.2. The van der Waals surface area contributed by atoms with Crippen LogP contribution in [0.3, 0.4) is 0 Å². The van der Waals surface area contributed by atoms with E-state index in [0.29, 0.717) is 39.9 Å². The molecule has 0 aliphatic carbocycles. The van der Waals surface area contributed by atoms with Crippen molar-refractivity contribution in [3.05, 3.63) is 221 Å². The molecule has 4 aromatic carbocycles. The van der Waals surface area contributed by atoms with E-state index < -0.39 is 0 Å². The van der Waals surface area contributed by atoms with Crippen LogP contribution in [0.2, 0.25) is 0 Å². The Morgan fingerprint density at radius 1 is 0.627 bits per heavy atom. The number of furan rings is 3. The SMILES string of the molecule is Br.CN1CC=C(c2c[nH]c3ccc(N=C(N)c4ccco4)cc23)CC1.CN1CC=C(c2c[nH]c3ccc([N+](=O)[O-])cc23)CC1.CN1CCC(c2c[nH]c3ccc(N=C(N)c4ccco4)cc23)CC1.N=C(SCc1ccccc1)c1ccco1. The number of hydrogen-bond donors (Lipinski definition) is 6. The lowest BCUT2D eigenvalue weighted by Crippen LogP contribution is -2.29.